The molecule has 0 radical (unpaired) electrons. The summed E-state index contributed by atoms with van der Waals surface area (Å²) >= 11 is 28.0. The van der Waals surface area contributed by atoms with Gasteiger partial charge in [-0.3, -0.25) is 4.79 Å². The van der Waals surface area contributed by atoms with E-state index >= 15 is 0 Å². The number of anilines is 1. The summed E-state index contributed by atoms with van der Waals surface area (Å²) in [6.07, 6.45) is 0. The van der Waals surface area contributed by atoms with Gasteiger partial charge in [-0.05, 0) is 12.1 Å². The molecule has 1 aromatic rings. The van der Waals surface area contributed by atoms with Gasteiger partial charge < -0.3 is 5.32 Å². The van der Waals surface area contributed by atoms with E-state index in [0.29, 0.717) is 5.02 Å². The monoisotopic (exact) mass is 305 g/mol. The Balaban J connectivity index is 3.00. The fraction of sp³-hybridized carbons (Fsp3) is 0.125. The van der Waals surface area contributed by atoms with Gasteiger partial charge in [0, 0.05) is 5.02 Å². The van der Waals surface area contributed by atoms with Crippen LogP contribution in [-0.4, -0.2) is 10.7 Å². The molecule has 0 saturated heterocycles. The molecule has 0 aliphatic heterocycles. The van der Waals surface area contributed by atoms with Crippen molar-refractivity contribution in [1.29, 1.82) is 0 Å². The predicted molar refractivity (Wildman–Crippen MR) is 65.6 cm³/mol. The molecule has 1 amide bonds. The van der Waals surface area contributed by atoms with Crippen LogP contribution < -0.4 is 5.32 Å². The highest BCUT2D eigenvalue weighted by Crippen LogP contribution is 2.33. The van der Waals surface area contributed by atoms with Crippen LogP contribution >= 0.6 is 58.0 Å². The van der Waals surface area contributed by atoms with Crippen LogP contribution in [-0.2, 0) is 4.79 Å². The number of rotatable bonds is 2. The van der Waals surface area contributed by atoms with Crippen molar-refractivity contribution in [2.24, 2.45) is 0 Å². The zero-order valence-electron chi connectivity index (χ0n) is 7.03. The van der Waals surface area contributed by atoms with Crippen molar-refractivity contribution < 1.29 is 4.79 Å². The van der Waals surface area contributed by atoms with E-state index in [-0.39, 0.29) is 15.7 Å². The van der Waals surface area contributed by atoms with Gasteiger partial charge in [-0.1, -0.05) is 58.0 Å². The summed E-state index contributed by atoms with van der Waals surface area (Å²) < 4.78 is 0. The first-order valence-electron chi connectivity index (χ1n) is 3.65. The summed E-state index contributed by atoms with van der Waals surface area (Å²) in [6, 6.07) is 2.89. The van der Waals surface area contributed by atoms with E-state index in [9.17, 15) is 4.79 Å². The zero-order chi connectivity index (χ0) is 11.6. The third kappa shape index (κ3) is 3.58. The number of hydrogen-bond acceptors (Lipinski definition) is 1. The van der Waals surface area contributed by atoms with Crippen LogP contribution in [0.15, 0.2) is 12.1 Å². The van der Waals surface area contributed by atoms with Crippen LogP contribution in [0.2, 0.25) is 15.1 Å². The fourth-order valence-corrected chi connectivity index (χ4v) is 1.86. The van der Waals surface area contributed by atoms with Gasteiger partial charge in [0.1, 0.15) is 0 Å². The molecule has 0 heterocycles. The molecule has 82 valence electrons. The van der Waals surface area contributed by atoms with Gasteiger partial charge in [-0.2, -0.15) is 0 Å². The highest BCUT2D eigenvalue weighted by Gasteiger charge is 2.15. The number of halogens is 5. The van der Waals surface area contributed by atoms with Crippen LogP contribution in [0.1, 0.15) is 0 Å². The van der Waals surface area contributed by atoms with Gasteiger partial charge in [-0.25, -0.2) is 0 Å². The fourth-order valence-electron chi connectivity index (χ4n) is 0.839. The molecule has 0 aliphatic carbocycles. The first-order chi connectivity index (χ1) is 6.91. The topological polar surface area (TPSA) is 29.1 Å². The molecule has 1 rings (SSSR count). The van der Waals surface area contributed by atoms with Gasteiger partial charge >= 0.3 is 0 Å². The molecule has 0 saturated carbocycles. The molecule has 0 unspecified atom stereocenters. The van der Waals surface area contributed by atoms with Gasteiger partial charge in [0.05, 0.1) is 15.7 Å². The first kappa shape index (κ1) is 13.2. The van der Waals surface area contributed by atoms with Gasteiger partial charge in [0.25, 0.3) is 5.91 Å². The molecular formula is C8H4Cl5NO. The molecule has 0 atom stereocenters. The Morgan fingerprint density at radius 2 is 1.60 bits per heavy atom. The maximum absolute atomic E-state index is 11.2. The number of carbonyl (C=O) groups is 1. The van der Waals surface area contributed by atoms with Gasteiger partial charge in [-0.15, -0.1) is 0 Å². The highest BCUT2D eigenvalue weighted by molar-refractivity contribution is 6.55. The van der Waals surface area contributed by atoms with E-state index in [0.717, 1.165) is 0 Å². The largest absolute Gasteiger partial charge is 0.321 e. The van der Waals surface area contributed by atoms with E-state index in [1.807, 2.05) is 0 Å². The average molecular weight is 307 g/mol. The molecule has 0 spiro atoms. The van der Waals surface area contributed by atoms with Crippen molar-refractivity contribution in [3.05, 3.63) is 27.2 Å². The zero-order valence-corrected chi connectivity index (χ0v) is 10.8. The van der Waals surface area contributed by atoms with E-state index in [1.165, 1.54) is 12.1 Å². The van der Waals surface area contributed by atoms with Gasteiger partial charge in [0.2, 0.25) is 0 Å². The summed E-state index contributed by atoms with van der Waals surface area (Å²) in [5, 5.41) is 3.19. The highest BCUT2D eigenvalue weighted by atomic mass is 35.5. The third-order valence-electron chi connectivity index (χ3n) is 1.45. The van der Waals surface area contributed by atoms with Crippen molar-refractivity contribution in [1.82, 2.24) is 0 Å². The second-order valence-electron chi connectivity index (χ2n) is 2.53. The number of amides is 1. The van der Waals surface area contributed by atoms with Crippen molar-refractivity contribution in [2.45, 2.75) is 4.84 Å². The van der Waals surface area contributed by atoms with Crippen molar-refractivity contribution in [3.8, 4) is 0 Å². The van der Waals surface area contributed by atoms with Crippen LogP contribution in [0.25, 0.3) is 0 Å². The maximum atomic E-state index is 11.2. The number of nitrogens with one attached hydrogen (secondary N) is 1. The van der Waals surface area contributed by atoms with Crippen LogP contribution in [0.5, 0.6) is 0 Å². The lowest BCUT2D eigenvalue weighted by molar-refractivity contribution is -0.114. The summed E-state index contributed by atoms with van der Waals surface area (Å²) in [5.74, 6) is -0.607. The minimum absolute atomic E-state index is 0.217. The summed E-state index contributed by atoms with van der Waals surface area (Å²) in [5.41, 5.74) is 0.235. The number of carbonyl (C=O) groups excluding carboxylic acids is 1. The van der Waals surface area contributed by atoms with Crippen LogP contribution in [0.3, 0.4) is 0 Å². The molecule has 2 nitrogen and oxygen atoms in total. The average Bonchev–Trinajstić information content (AvgIpc) is 2.10. The van der Waals surface area contributed by atoms with Crippen molar-refractivity contribution in [3.63, 3.8) is 0 Å². The molecule has 1 N–H and O–H groups in total. The molecule has 0 bridgehead atoms. The molecular weight excluding hydrogens is 303 g/mol. The Morgan fingerprint density at radius 1 is 1.13 bits per heavy atom. The van der Waals surface area contributed by atoms with E-state index < -0.39 is 10.7 Å². The Hall–Kier alpha value is 0.140. The van der Waals surface area contributed by atoms with Crippen LogP contribution in [0.4, 0.5) is 5.69 Å². The summed E-state index contributed by atoms with van der Waals surface area (Å²) in [7, 11) is 0. The lowest BCUT2D eigenvalue weighted by atomic mass is 10.3. The Morgan fingerprint density at radius 3 is 2.00 bits per heavy atom. The molecule has 15 heavy (non-hydrogen) atoms. The molecule has 0 aliphatic rings. The number of alkyl halides is 2. The smallest absolute Gasteiger partial charge is 0.257 e. The minimum atomic E-state index is -1.19. The normalized spacial score (nSPS) is 10.5. The Kier molecular flexibility index (Phi) is 4.81. The van der Waals surface area contributed by atoms with E-state index in [2.05, 4.69) is 5.32 Å². The summed E-state index contributed by atoms with van der Waals surface area (Å²) in [4.78, 5) is 9.99. The second-order valence-corrected chi connectivity index (χ2v) is 4.88. The predicted octanol–water partition coefficient (Wildman–Crippen LogP) is 4.39. The lowest BCUT2D eigenvalue weighted by Gasteiger charge is -2.09. The van der Waals surface area contributed by atoms with Gasteiger partial charge in [0.15, 0.2) is 4.84 Å². The quantitative estimate of drug-likeness (QED) is 0.807. The number of benzene rings is 1. The first-order valence-corrected chi connectivity index (χ1v) is 5.66. The Labute approximate surface area is 111 Å². The van der Waals surface area contributed by atoms with E-state index in [1.54, 1.807) is 0 Å². The third-order valence-corrected chi connectivity index (χ3v) is 2.66. The maximum Gasteiger partial charge on any atom is 0.257 e. The van der Waals surface area contributed by atoms with Crippen LogP contribution in [0, 0.1) is 0 Å². The molecule has 0 fully saturated rings. The Bertz CT molecular complexity index is 370. The number of hydrogen-bond donors (Lipinski definition) is 1. The standard InChI is InChI=1S/C8H4Cl5NO/c9-3-1-4(10)6(5(11)2-3)14-8(15)7(12)13/h1-2,7H,(H,14,15). The SMILES string of the molecule is O=C(Nc1c(Cl)cc(Cl)cc1Cl)C(Cl)Cl. The minimum Gasteiger partial charge on any atom is -0.321 e. The van der Waals surface area contributed by atoms with E-state index in [4.69, 9.17) is 58.0 Å². The summed E-state index contributed by atoms with van der Waals surface area (Å²) in [6.45, 7) is 0. The molecule has 0 aromatic heterocycles. The molecule has 1 aromatic carbocycles. The second kappa shape index (κ2) is 5.46. The molecule has 7 heteroatoms. The van der Waals surface area contributed by atoms with Crippen molar-refractivity contribution >= 4 is 69.6 Å². The lowest BCUT2D eigenvalue weighted by Crippen LogP contribution is -2.19. The van der Waals surface area contributed by atoms with Crippen molar-refractivity contribution in [2.75, 3.05) is 5.32 Å².